The molecule has 0 bridgehead atoms. The van der Waals surface area contributed by atoms with Crippen molar-refractivity contribution in [3.63, 3.8) is 0 Å². The van der Waals surface area contributed by atoms with Gasteiger partial charge in [-0.25, -0.2) is 0 Å². The number of benzene rings is 4. The fourth-order valence-corrected chi connectivity index (χ4v) is 15.6. The summed E-state index contributed by atoms with van der Waals surface area (Å²) < 4.78 is 25.4. The topological polar surface area (TPSA) is 36.9 Å². The van der Waals surface area contributed by atoms with Crippen molar-refractivity contribution < 1.29 is 18.9 Å². The summed E-state index contributed by atoms with van der Waals surface area (Å²) in [6.07, 6.45) is 2.01. The minimum absolute atomic E-state index is 0.217. The van der Waals surface area contributed by atoms with E-state index in [1.165, 1.54) is 22.3 Å². The summed E-state index contributed by atoms with van der Waals surface area (Å²) in [6.45, 7) is 18.8. The number of ether oxygens (including phenoxy) is 4. The second-order valence-corrected chi connectivity index (χ2v) is 24.3. The van der Waals surface area contributed by atoms with Gasteiger partial charge in [0.1, 0.15) is 0 Å². The summed E-state index contributed by atoms with van der Waals surface area (Å²) >= 11 is 0. The maximum atomic E-state index is 7.73. The molecule has 0 saturated heterocycles. The zero-order valence-corrected chi connectivity index (χ0v) is 35.6. The van der Waals surface area contributed by atoms with E-state index in [1.54, 1.807) is 0 Å². The molecule has 0 spiro atoms. The van der Waals surface area contributed by atoms with E-state index < -0.39 is 14.3 Å². The average Bonchev–Trinajstić information content (AvgIpc) is 3.20. The summed E-state index contributed by atoms with van der Waals surface area (Å²) in [6, 6.07) is 41.6. The van der Waals surface area contributed by atoms with Crippen molar-refractivity contribution in [1.82, 2.24) is 0 Å². The van der Waals surface area contributed by atoms with Gasteiger partial charge in [0, 0.05) is 0 Å². The Labute approximate surface area is 331 Å². The Bertz CT molecular complexity index is 1350. The summed E-state index contributed by atoms with van der Waals surface area (Å²) in [5.41, 5.74) is 6.21. The molecule has 0 aliphatic carbocycles. The summed E-state index contributed by atoms with van der Waals surface area (Å²) in [7, 11) is 11.3. The quantitative estimate of drug-likeness (QED) is 0.0498. The van der Waals surface area contributed by atoms with Crippen LogP contribution in [0.25, 0.3) is 0 Å². The minimum Gasteiger partial charge on any atom is -0.373 e. The smallest absolute Gasteiger partial charge is 0.366 e. The average molecular weight is 765 g/mol. The van der Waals surface area contributed by atoms with Gasteiger partial charge in [0.15, 0.2) is 0 Å². The van der Waals surface area contributed by atoms with Crippen LogP contribution in [0.5, 0.6) is 0 Å². The van der Waals surface area contributed by atoms with Gasteiger partial charge in [-0.15, -0.1) is 0 Å². The highest BCUT2D eigenvalue weighted by Gasteiger charge is 2.51. The van der Waals surface area contributed by atoms with E-state index in [1.807, 2.05) is 24.3 Å². The van der Waals surface area contributed by atoms with Crippen molar-refractivity contribution in [3.05, 3.63) is 144 Å². The molecule has 0 N–H and O–H groups in total. The Hall–Kier alpha value is -2.29. The maximum Gasteiger partial charge on any atom is 0.366 e. The molecule has 0 aliphatic rings. The predicted octanol–water partition coefficient (Wildman–Crippen LogP) is 11.2. The van der Waals surface area contributed by atoms with E-state index in [0.29, 0.717) is 64.2 Å². The molecule has 54 heavy (non-hydrogen) atoms. The van der Waals surface area contributed by atoms with E-state index in [-0.39, 0.29) is 22.6 Å². The summed E-state index contributed by atoms with van der Waals surface area (Å²) in [4.78, 5) is 0. The largest absolute Gasteiger partial charge is 0.373 e. The van der Waals surface area contributed by atoms with Crippen LogP contribution in [-0.2, 0) is 45.4 Å². The first-order chi connectivity index (χ1) is 26.0. The minimum atomic E-state index is -2.07. The molecule has 0 heterocycles. The lowest BCUT2D eigenvalue weighted by Gasteiger charge is -2.42. The Morgan fingerprint density at radius 2 is 0.556 bits per heavy atom. The molecule has 0 unspecified atom stereocenters. The molecule has 4 aromatic rings. The zero-order valence-electron chi connectivity index (χ0n) is 33.8. The fraction of sp³-hybridized carbons (Fsp3) is 0.478. The van der Waals surface area contributed by atoms with Crippen LogP contribution in [0.4, 0.5) is 0 Å². The Morgan fingerprint density at radius 1 is 0.352 bits per heavy atom. The number of hydrogen-bond donors (Lipinski definition) is 0. The van der Waals surface area contributed by atoms with E-state index in [4.69, 9.17) is 34.1 Å². The third-order valence-corrected chi connectivity index (χ3v) is 21.7. The zero-order chi connectivity index (χ0) is 38.8. The fourth-order valence-electron chi connectivity index (χ4n) is 7.74. The third-order valence-electron chi connectivity index (χ3n) is 11.5. The van der Waals surface area contributed by atoms with Gasteiger partial charge < -0.3 is 18.9 Å². The summed E-state index contributed by atoms with van der Waals surface area (Å²) in [5.74, 6) is 0. The van der Waals surface area contributed by atoms with Gasteiger partial charge in [-0.3, -0.25) is 0 Å². The van der Waals surface area contributed by atoms with Gasteiger partial charge in [-0.1, -0.05) is 121 Å². The van der Waals surface area contributed by atoms with Crippen LogP contribution in [0.15, 0.2) is 121 Å². The van der Waals surface area contributed by atoms with Gasteiger partial charge in [-0.05, 0) is 90.9 Å². The van der Waals surface area contributed by atoms with Crippen LogP contribution >= 0.6 is 14.3 Å². The van der Waals surface area contributed by atoms with E-state index in [9.17, 15) is 0 Å². The van der Waals surface area contributed by atoms with E-state index in [0.717, 1.165) is 12.8 Å². The highest BCUT2D eigenvalue weighted by atomic mass is 31.2. The lowest BCUT2D eigenvalue weighted by molar-refractivity contribution is 0.117. The van der Waals surface area contributed by atoms with Gasteiger partial charge >= 0.3 is 15.1 Å². The monoisotopic (exact) mass is 764 g/mol. The van der Waals surface area contributed by atoms with Crippen LogP contribution in [0.3, 0.4) is 0 Å². The Balaban J connectivity index is 1.46. The standard InChI is InChI=1S/C46H64B2O4P2/c1-37(53(47,39(3)29-49-33-43-19-11-7-12-20-43)40(4)30-50-34-44-21-13-8-14-22-44)27-28-38(2)54(48,41(5)31-51-35-45-23-15-9-16-24-45)42(6)32-52-36-46-25-17-10-18-26-46/h7-26,37-42H,27-36H2,1-6H3/q+2/t37-,38-,39-,40-,41-,42-/m1/s1. The Morgan fingerprint density at radius 3 is 0.759 bits per heavy atom. The highest BCUT2D eigenvalue weighted by Crippen LogP contribution is 2.70. The molecule has 0 aliphatic heterocycles. The van der Waals surface area contributed by atoms with Gasteiger partial charge in [0.25, 0.3) is 0 Å². The van der Waals surface area contributed by atoms with Crippen molar-refractivity contribution >= 4 is 29.4 Å². The van der Waals surface area contributed by atoms with Crippen molar-refractivity contribution in [2.24, 2.45) is 0 Å². The van der Waals surface area contributed by atoms with Crippen molar-refractivity contribution in [2.75, 3.05) is 26.4 Å². The highest BCUT2D eigenvalue weighted by molar-refractivity contribution is 7.99. The molecule has 286 valence electrons. The molecule has 4 aromatic carbocycles. The van der Waals surface area contributed by atoms with Crippen LogP contribution in [0, 0.1) is 0 Å². The first-order valence-electron chi connectivity index (χ1n) is 19.8. The lowest BCUT2D eigenvalue weighted by atomic mass is 10.2. The van der Waals surface area contributed by atoms with Crippen LogP contribution in [0.2, 0.25) is 0 Å². The molecule has 4 rings (SSSR count). The molecule has 8 heteroatoms. The van der Waals surface area contributed by atoms with Crippen molar-refractivity contribution in [3.8, 4) is 0 Å². The molecule has 0 aromatic heterocycles. The first kappa shape index (κ1) is 44.4. The maximum absolute atomic E-state index is 7.73. The molecule has 0 amide bonds. The van der Waals surface area contributed by atoms with Crippen molar-refractivity contribution in [2.45, 2.75) is 115 Å². The van der Waals surface area contributed by atoms with E-state index >= 15 is 0 Å². The lowest BCUT2D eigenvalue weighted by Crippen LogP contribution is -2.36. The number of rotatable bonds is 25. The van der Waals surface area contributed by atoms with Crippen LogP contribution in [-0.4, -0.2) is 75.5 Å². The molecule has 0 saturated carbocycles. The molecular weight excluding hydrogens is 700 g/mol. The third kappa shape index (κ3) is 13.1. The molecule has 0 fully saturated rings. The normalized spacial score (nSPS) is 15.6. The number of hydrogen-bond acceptors (Lipinski definition) is 4. The Kier molecular flexibility index (Phi) is 19.0. The predicted molar refractivity (Wildman–Crippen MR) is 236 cm³/mol. The van der Waals surface area contributed by atoms with Gasteiger partial charge in [0.2, 0.25) is 0 Å². The second kappa shape index (κ2) is 23.1. The molecule has 6 atom stereocenters. The summed E-state index contributed by atoms with van der Waals surface area (Å²) in [5, 5.41) is 0. The van der Waals surface area contributed by atoms with Gasteiger partial charge in [-0.2, -0.15) is 0 Å². The second-order valence-electron chi connectivity index (χ2n) is 15.5. The van der Waals surface area contributed by atoms with Crippen molar-refractivity contribution in [1.29, 1.82) is 0 Å². The first-order valence-corrected chi connectivity index (χ1v) is 24.0. The molecule has 4 nitrogen and oxygen atoms in total. The SMILES string of the molecule is [B][P+]([C@H](C)CC[C@@H](C)[P+]([B])([C@H](C)COCc1ccccc1)[C@H](C)COCc1ccccc1)([C@H](C)COCc1ccccc1)[C@H](C)COCc1ccccc1. The van der Waals surface area contributed by atoms with Crippen LogP contribution in [0.1, 0.15) is 76.6 Å². The van der Waals surface area contributed by atoms with Crippen LogP contribution < -0.4 is 0 Å². The van der Waals surface area contributed by atoms with E-state index in [2.05, 4.69) is 139 Å². The molecule has 4 radical (unpaired) electrons. The van der Waals surface area contributed by atoms with Gasteiger partial charge in [0.05, 0.1) is 86.8 Å². The molecular formula is C46H64B2O4P2+2.